The molecular weight excluding hydrogens is 378 g/mol. The molecule has 0 fully saturated rings. The molecule has 122 valence electrons. The van der Waals surface area contributed by atoms with E-state index in [4.69, 9.17) is 46.4 Å². The topological polar surface area (TPSA) is 41.1 Å². The summed E-state index contributed by atoms with van der Waals surface area (Å²) in [5.41, 5.74) is 1.43. The monoisotopic (exact) mass is 390 g/mol. The number of nitrogens with one attached hydrogen (secondary N) is 2. The molecule has 2 aromatic rings. The highest BCUT2D eigenvalue weighted by Gasteiger charge is 2.33. The van der Waals surface area contributed by atoms with E-state index in [-0.39, 0.29) is 5.91 Å². The fourth-order valence-electron chi connectivity index (χ4n) is 1.88. The van der Waals surface area contributed by atoms with E-state index in [1.165, 1.54) is 0 Å². The summed E-state index contributed by atoms with van der Waals surface area (Å²) in [6.45, 7) is 0.445. The summed E-state index contributed by atoms with van der Waals surface area (Å²) >= 11 is 23.7. The van der Waals surface area contributed by atoms with E-state index in [9.17, 15) is 4.79 Å². The van der Waals surface area contributed by atoms with Crippen molar-refractivity contribution >= 4 is 52.3 Å². The third-order valence-corrected chi connectivity index (χ3v) is 3.97. The lowest BCUT2D eigenvalue weighted by atomic mass is 10.2. The van der Waals surface area contributed by atoms with Gasteiger partial charge in [-0.15, -0.1) is 0 Å². The lowest BCUT2D eigenvalue weighted by molar-refractivity contribution is 0.0929. The second-order valence-corrected chi connectivity index (χ2v) is 7.63. The van der Waals surface area contributed by atoms with Gasteiger partial charge in [-0.1, -0.05) is 76.7 Å². The Morgan fingerprint density at radius 2 is 1.61 bits per heavy atom. The lowest BCUT2D eigenvalue weighted by Crippen LogP contribution is -2.53. The van der Waals surface area contributed by atoms with Gasteiger partial charge >= 0.3 is 0 Å². The highest BCUT2D eigenvalue weighted by Crippen LogP contribution is 2.29. The summed E-state index contributed by atoms with van der Waals surface area (Å²) in [4.78, 5) is 12.3. The molecule has 0 spiro atoms. The van der Waals surface area contributed by atoms with E-state index in [1.807, 2.05) is 30.3 Å². The van der Waals surface area contributed by atoms with Gasteiger partial charge in [-0.05, 0) is 29.8 Å². The van der Waals surface area contributed by atoms with Crippen LogP contribution in [0.25, 0.3) is 0 Å². The first-order valence-corrected chi connectivity index (χ1v) is 8.28. The molecule has 2 aromatic carbocycles. The standard InChI is InChI=1S/C16H14Cl4N2O/c17-13-8-6-12(7-9-13)14(23)22-15(16(18,19)20)21-10-11-4-2-1-3-5-11/h1-9,15,21H,10H2,(H,22,23)/t15-/m0/s1. The molecule has 0 aromatic heterocycles. The van der Waals surface area contributed by atoms with Gasteiger partial charge in [-0.2, -0.15) is 0 Å². The van der Waals surface area contributed by atoms with Crippen molar-refractivity contribution in [3.63, 3.8) is 0 Å². The second kappa shape index (κ2) is 8.22. The molecule has 2 N–H and O–H groups in total. The van der Waals surface area contributed by atoms with Gasteiger partial charge in [0, 0.05) is 17.1 Å². The minimum Gasteiger partial charge on any atom is -0.333 e. The van der Waals surface area contributed by atoms with Gasteiger partial charge < -0.3 is 5.32 Å². The molecule has 7 heteroatoms. The van der Waals surface area contributed by atoms with Gasteiger partial charge in [0.15, 0.2) is 0 Å². The molecule has 2 rings (SSSR count). The number of alkyl halides is 3. The average Bonchev–Trinajstić information content (AvgIpc) is 2.51. The number of amides is 1. The Bertz CT molecular complexity index is 641. The van der Waals surface area contributed by atoms with Crippen LogP contribution < -0.4 is 10.6 Å². The molecule has 0 heterocycles. The van der Waals surface area contributed by atoms with Crippen LogP contribution in [0.1, 0.15) is 15.9 Å². The predicted octanol–water partition coefficient (Wildman–Crippen LogP) is 4.56. The molecule has 0 aliphatic rings. The first kappa shape index (κ1) is 18.4. The summed E-state index contributed by atoms with van der Waals surface area (Å²) in [5, 5.41) is 6.25. The predicted molar refractivity (Wildman–Crippen MR) is 96.3 cm³/mol. The Labute approximate surface area is 154 Å². The Balaban J connectivity index is 2.04. The van der Waals surface area contributed by atoms with Crippen LogP contribution in [-0.2, 0) is 6.54 Å². The van der Waals surface area contributed by atoms with Crippen LogP contribution in [0.15, 0.2) is 54.6 Å². The number of hydrogen-bond donors (Lipinski definition) is 2. The number of hydrogen-bond acceptors (Lipinski definition) is 2. The molecule has 0 saturated heterocycles. The van der Waals surface area contributed by atoms with Crippen LogP contribution in [0.5, 0.6) is 0 Å². The van der Waals surface area contributed by atoms with Crippen molar-refractivity contribution in [2.75, 3.05) is 0 Å². The third kappa shape index (κ3) is 5.87. The molecule has 3 nitrogen and oxygen atoms in total. The van der Waals surface area contributed by atoms with Gasteiger partial charge in [0.25, 0.3) is 5.91 Å². The van der Waals surface area contributed by atoms with E-state index in [1.54, 1.807) is 24.3 Å². The van der Waals surface area contributed by atoms with Crippen molar-refractivity contribution in [2.45, 2.75) is 16.5 Å². The summed E-state index contributed by atoms with van der Waals surface area (Å²) in [7, 11) is 0. The number of halogens is 4. The maximum Gasteiger partial charge on any atom is 0.252 e. The quantitative estimate of drug-likeness (QED) is 0.579. The molecule has 23 heavy (non-hydrogen) atoms. The van der Waals surface area contributed by atoms with Gasteiger partial charge in [-0.3, -0.25) is 10.1 Å². The van der Waals surface area contributed by atoms with Crippen molar-refractivity contribution in [1.82, 2.24) is 10.6 Å². The molecular formula is C16H14Cl4N2O. The highest BCUT2D eigenvalue weighted by molar-refractivity contribution is 6.68. The number of rotatable bonds is 5. The molecule has 0 aliphatic heterocycles. The lowest BCUT2D eigenvalue weighted by Gasteiger charge is -2.26. The number of carbonyl (C=O) groups excluding carboxylic acids is 1. The smallest absolute Gasteiger partial charge is 0.252 e. The van der Waals surface area contributed by atoms with Crippen molar-refractivity contribution in [3.05, 3.63) is 70.7 Å². The minimum absolute atomic E-state index is 0.362. The third-order valence-electron chi connectivity index (χ3n) is 3.06. The SMILES string of the molecule is O=C(N[C@H](NCc1ccccc1)C(Cl)(Cl)Cl)c1ccc(Cl)cc1. The first-order valence-electron chi connectivity index (χ1n) is 6.77. The zero-order chi connectivity index (χ0) is 16.9. The van der Waals surface area contributed by atoms with E-state index >= 15 is 0 Å². The zero-order valence-corrected chi connectivity index (χ0v) is 14.9. The van der Waals surface area contributed by atoms with E-state index in [0.29, 0.717) is 17.1 Å². The van der Waals surface area contributed by atoms with Crippen LogP contribution in [-0.4, -0.2) is 15.9 Å². The summed E-state index contributed by atoms with van der Waals surface area (Å²) in [6.07, 6.45) is -0.851. The number of carbonyl (C=O) groups is 1. The molecule has 0 radical (unpaired) electrons. The molecule has 0 aliphatic carbocycles. The maximum atomic E-state index is 12.3. The Morgan fingerprint density at radius 1 is 1.00 bits per heavy atom. The molecule has 0 bridgehead atoms. The highest BCUT2D eigenvalue weighted by atomic mass is 35.6. The first-order chi connectivity index (χ1) is 10.9. The van der Waals surface area contributed by atoms with E-state index in [0.717, 1.165) is 5.56 Å². The second-order valence-electron chi connectivity index (χ2n) is 4.82. The molecule has 1 atom stereocenters. The molecule has 0 unspecified atom stereocenters. The van der Waals surface area contributed by atoms with Crippen LogP contribution in [0.3, 0.4) is 0 Å². The summed E-state index contributed by atoms with van der Waals surface area (Å²) in [5.74, 6) is -0.362. The van der Waals surface area contributed by atoms with Gasteiger partial charge in [0.05, 0.1) is 0 Å². The Kier molecular flexibility index (Phi) is 6.57. The normalized spacial score (nSPS) is 12.7. The Morgan fingerprint density at radius 3 is 2.17 bits per heavy atom. The van der Waals surface area contributed by atoms with Crippen LogP contribution in [0, 0.1) is 0 Å². The fraction of sp³-hybridized carbons (Fsp3) is 0.188. The van der Waals surface area contributed by atoms with Gasteiger partial charge in [0.2, 0.25) is 3.79 Å². The molecule has 1 amide bonds. The van der Waals surface area contributed by atoms with Crippen LogP contribution >= 0.6 is 46.4 Å². The maximum absolute atomic E-state index is 12.3. The number of benzene rings is 2. The van der Waals surface area contributed by atoms with E-state index < -0.39 is 9.96 Å². The zero-order valence-electron chi connectivity index (χ0n) is 11.9. The van der Waals surface area contributed by atoms with Crippen molar-refractivity contribution < 1.29 is 4.79 Å². The van der Waals surface area contributed by atoms with Crippen LogP contribution in [0.4, 0.5) is 0 Å². The largest absolute Gasteiger partial charge is 0.333 e. The fourth-order valence-corrected chi connectivity index (χ4v) is 2.40. The Hall–Kier alpha value is -0.970. The van der Waals surface area contributed by atoms with E-state index in [2.05, 4.69) is 10.6 Å². The average molecular weight is 392 g/mol. The van der Waals surface area contributed by atoms with Gasteiger partial charge in [-0.25, -0.2) is 0 Å². The van der Waals surface area contributed by atoms with Gasteiger partial charge in [0.1, 0.15) is 6.17 Å². The minimum atomic E-state index is -1.70. The van der Waals surface area contributed by atoms with Crippen LogP contribution in [0.2, 0.25) is 5.02 Å². The van der Waals surface area contributed by atoms with Crippen molar-refractivity contribution in [1.29, 1.82) is 0 Å². The summed E-state index contributed by atoms with van der Waals surface area (Å²) < 4.78 is -1.70. The van der Waals surface area contributed by atoms with Crippen molar-refractivity contribution in [2.24, 2.45) is 0 Å². The molecule has 0 saturated carbocycles. The summed E-state index contributed by atoms with van der Waals surface area (Å²) in [6, 6.07) is 16.1. The van der Waals surface area contributed by atoms with Crippen molar-refractivity contribution in [3.8, 4) is 0 Å².